The lowest BCUT2D eigenvalue weighted by molar-refractivity contribution is 0.0250. The van der Waals surface area contributed by atoms with Gasteiger partial charge in [0.15, 0.2) is 46.5 Å². The van der Waals surface area contributed by atoms with E-state index < -0.39 is 94.5 Å². The first-order valence-electron chi connectivity index (χ1n) is 7.28. The number of esters is 2. The molecule has 2 aromatic rings. The van der Waals surface area contributed by atoms with Gasteiger partial charge in [0.1, 0.15) is 24.3 Å². The Morgan fingerprint density at radius 3 is 0.867 bits per heavy atom. The van der Waals surface area contributed by atoms with Crippen molar-refractivity contribution in [3.8, 4) is 0 Å². The van der Waals surface area contributed by atoms with Crippen LogP contribution in [0.5, 0.6) is 0 Å². The lowest BCUT2D eigenvalue weighted by Crippen LogP contribution is -2.20. The standard InChI is InChI=1S/C16H4F10O4/c17-5-3(6(18)10(22)13(25)9(5)21)15(27)29-1-2-30-16(28)4-7(19)11(23)14(26)12(24)8(4)20/h1-2H2. The highest BCUT2D eigenvalue weighted by molar-refractivity contribution is 5.91. The molecule has 2 rings (SSSR count). The lowest BCUT2D eigenvalue weighted by Gasteiger charge is -2.10. The van der Waals surface area contributed by atoms with Crippen LogP contribution >= 0.6 is 0 Å². The first kappa shape index (κ1) is 23.0. The van der Waals surface area contributed by atoms with Crippen molar-refractivity contribution in [1.29, 1.82) is 0 Å². The van der Waals surface area contributed by atoms with Gasteiger partial charge in [0.25, 0.3) is 0 Å². The van der Waals surface area contributed by atoms with E-state index in [0.717, 1.165) is 0 Å². The summed E-state index contributed by atoms with van der Waals surface area (Å²) in [6.45, 7) is -2.31. The average molecular weight is 450 g/mol. The second-order valence-electron chi connectivity index (χ2n) is 5.16. The minimum Gasteiger partial charge on any atom is -0.458 e. The first-order chi connectivity index (χ1) is 13.9. The van der Waals surface area contributed by atoms with Gasteiger partial charge in [-0.3, -0.25) is 0 Å². The number of hydrogen-bond acceptors (Lipinski definition) is 4. The molecule has 0 aromatic heterocycles. The van der Waals surface area contributed by atoms with Gasteiger partial charge >= 0.3 is 11.9 Å². The monoisotopic (exact) mass is 450 g/mol. The van der Waals surface area contributed by atoms with Crippen LogP contribution in [-0.4, -0.2) is 25.2 Å². The van der Waals surface area contributed by atoms with Gasteiger partial charge in [0, 0.05) is 0 Å². The summed E-state index contributed by atoms with van der Waals surface area (Å²) >= 11 is 0. The molecule has 0 spiro atoms. The highest BCUT2D eigenvalue weighted by atomic mass is 19.2. The van der Waals surface area contributed by atoms with Crippen molar-refractivity contribution in [3.05, 3.63) is 69.3 Å². The summed E-state index contributed by atoms with van der Waals surface area (Å²) in [7, 11) is 0. The third-order valence-electron chi connectivity index (χ3n) is 3.38. The molecule has 14 heteroatoms. The highest BCUT2D eigenvalue weighted by Crippen LogP contribution is 2.25. The highest BCUT2D eigenvalue weighted by Gasteiger charge is 2.32. The number of carbonyl (C=O) groups excluding carboxylic acids is 2. The second kappa shape index (κ2) is 8.59. The Morgan fingerprint density at radius 2 is 0.633 bits per heavy atom. The fourth-order valence-electron chi connectivity index (χ4n) is 1.98. The molecule has 0 radical (unpaired) electrons. The Morgan fingerprint density at radius 1 is 0.433 bits per heavy atom. The van der Waals surface area contributed by atoms with Gasteiger partial charge in [-0.1, -0.05) is 0 Å². The Balaban J connectivity index is 2.08. The van der Waals surface area contributed by atoms with Crippen LogP contribution in [0.25, 0.3) is 0 Å². The Hall–Kier alpha value is -3.32. The first-order valence-corrected chi connectivity index (χ1v) is 7.28. The van der Waals surface area contributed by atoms with E-state index in [2.05, 4.69) is 9.47 Å². The van der Waals surface area contributed by atoms with Gasteiger partial charge in [0.2, 0.25) is 11.6 Å². The topological polar surface area (TPSA) is 52.6 Å². The zero-order chi connectivity index (χ0) is 22.9. The van der Waals surface area contributed by atoms with E-state index >= 15 is 0 Å². The van der Waals surface area contributed by atoms with Crippen molar-refractivity contribution < 1.29 is 63.0 Å². The Bertz CT molecular complexity index is 912. The molecule has 0 heterocycles. The van der Waals surface area contributed by atoms with Crippen LogP contribution in [0.15, 0.2) is 0 Å². The molecule has 0 atom stereocenters. The third kappa shape index (κ3) is 3.89. The van der Waals surface area contributed by atoms with Gasteiger partial charge in [-0.2, -0.15) is 0 Å². The SMILES string of the molecule is O=C(OCCOC(=O)c1c(F)c(F)c(F)c(F)c1F)c1c(F)c(F)c(F)c(F)c1F. The Kier molecular flexibility index (Phi) is 6.57. The fraction of sp³-hybridized carbons (Fsp3) is 0.125. The predicted molar refractivity (Wildman–Crippen MR) is 73.0 cm³/mol. The number of carbonyl (C=O) groups is 2. The van der Waals surface area contributed by atoms with Crippen LogP contribution < -0.4 is 0 Å². The lowest BCUT2D eigenvalue weighted by atomic mass is 10.1. The molecule has 30 heavy (non-hydrogen) atoms. The summed E-state index contributed by atoms with van der Waals surface area (Å²) in [5.41, 5.74) is -3.95. The quantitative estimate of drug-likeness (QED) is 0.227. The zero-order valence-corrected chi connectivity index (χ0v) is 13.8. The van der Waals surface area contributed by atoms with E-state index in [1.54, 1.807) is 0 Å². The molecule has 0 saturated carbocycles. The van der Waals surface area contributed by atoms with Crippen LogP contribution in [0, 0.1) is 58.2 Å². The maximum Gasteiger partial charge on any atom is 0.344 e. The average Bonchev–Trinajstić information content (AvgIpc) is 2.71. The van der Waals surface area contributed by atoms with Crippen LogP contribution in [0.2, 0.25) is 0 Å². The summed E-state index contributed by atoms with van der Waals surface area (Å²) in [5, 5.41) is 0. The smallest absolute Gasteiger partial charge is 0.344 e. The van der Waals surface area contributed by atoms with E-state index in [1.807, 2.05) is 0 Å². The molecule has 0 saturated heterocycles. The number of rotatable bonds is 5. The van der Waals surface area contributed by atoms with Gasteiger partial charge in [0.05, 0.1) is 0 Å². The van der Waals surface area contributed by atoms with E-state index in [9.17, 15) is 53.5 Å². The summed E-state index contributed by atoms with van der Waals surface area (Å²) in [6.07, 6.45) is 0. The minimum atomic E-state index is -2.54. The van der Waals surface area contributed by atoms with Gasteiger partial charge < -0.3 is 9.47 Å². The summed E-state index contributed by atoms with van der Waals surface area (Å²) in [6, 6.07) is 0. The normalized spacial score (nSPS) is 10.9. The predicted octanol–water partition coefficient (Wildman–Crippen LogP) is 4.09. The molecule has 0 aliphatic rings. The molecule has 0 fully saturated rings. The number of halogens is 10. The summed E-state index contributed by atoms with van der Waals surface area (Å²) < 4.78 is 140. The largest absolute Gasteiger partial charge is 0.458 e. The van der Waals surface area contributed by atoms with E-state index in [4.69, 9.17) is 0 Å². The molecule has 2 aromatic carbocycles. The van der Waals surface area contributed by atoms with Crippen molar-refractivity contribution in [2.45, 2.75) is 0 Å². The zero-order valence-electron chi connectivity index (χ0n) is 13.8. The molecule has 162 valence electrons. The van der Waals surface area contributed by atoms with Gasteiger partial charge in [-0.25, -0.2) is 53.5 Å². The molecule has 0 amide bonds. The molecule has 0 aliphatic carbocycles. The van der Waals surface area contributed by atoms with Crippen molar-refractivity contribution in [2.24, 2.45) is 0 Å². The minimum absolute atomic E-state index is 1.15. The fourth-order valence-corrected chi connectivity index (χ4v) is 1.98. The van der Waals surface area contributed by atoms with Crippen molar-refractivity contribution in [3.63, 3.8) is 0 Å². The molecular formula is C16H4F10O4. The number of benzene rings is 2. The van der Waals surface area contributed by atoms with E-state index in [0.29, 0.717) is 0 Å². The molecule has 0 bridgehead atoms. The van der Waals surface area contributed by atoms with Crippen molar-refractivity contribution >= 4 is 11.9 Å². The van der Waals surface area contributed by atoms with Crippen molar-refractivity contribution in [2.75, 3.05) is 13.2 Å². The molecule has 4 nitrogen and oxygen atoms in total. The molecule has 0 N–H and O–H groups in total. The number of hydrogen-bond donors (Lipinski definition) is 0. The van der Waals surface area contributed by atoms with Crippen LogP contribution in [-0.2, 0) is 9.47 Å². The van der Waals surface area contributed by atoms with Gasteiger partial charge in [-0.15, -0.1) is 0 Å². The van der Waals surface area contributed by atoms with E-state index in [1.165, 1.54) is 0 Å². The van der Waals surface area contributed by atoms with Crippen LogP contribution in [0.4, 0.5) is 43.9 Å². The molecular weight excluding hydrogens is 446 g/mol. The third-order valence-corrected chi connectivity index (χ3v) is 3.38. The summed E-state index contributed by atoms with van der Waals surface area (Å²) in [5.74, 6) is -29.1. The Labute approximate surface area is 158 Å². The summed E-state index contributed by atoms with van der Waals surface area (Å²) in [4.78, 5) is 23.0. The maximum atomic E-state index is 13.4. The van der Waals surface area contributed by atoms with Crippen LogP contribution in [0.1, 0.15) is 20.7 Å². The van der Waals surface area contributed by atoms with E-state index in [-0.39, 0.29) is 0 Å². The molecule has 0 aliphatic heterocycles. The molecule has 0 unspecified atom stereocenters. The van der Waals surface area contributed by atoms with Crippen molar-refractivity contribution in [1.82, 2.24) is 0 Å². The van der Waals surface area contributed by atoms with Crippen LogP contribution in [0.3, 0.4) is 0 Å². The second-order valence-corrected chi connectivity index (χ2v) is 5.16. The van der Waals surface area contributed by atoms with Gasteiger partial charge in [-0.05, 0) is 0 Å². The number of ether oxygens (including phenoxy) is 2. The maximum absolute atomic E-state index is 13.4.